The van der Waals surface area contributed by atoms with Crippen molar-refractivity contribution < 1.29 is 9.53 Å². The minimum absolute atomic E-state index is 0.102. The summed E-state index contributed by atoms with van der Waals surface area (Å²) >= 11 is 0. The zero-order chi connectivity index (χ0) is 13.1. The maximum absolute atomic E-state index is 11.2. The van der Waals surface area contributed by atoms with E-state index in [4.69, 9.17) is 16.2 Å². The third kappa shape index (κ3) is 2.79. The summed E-state index contributed by atoms with van der Waals surface area (Å²) in [5, 5.41) is 0. The Hall–Kier alpha value is -1.62. The summed E-state index contributed by atoms with van der Waals surface area (Å²) in [6.45, 7) is 2.44. The second-order valence-electron chi connectivity index (χ2n) is 4.78. The maximum Gasteiger partial charge on any atom is 0.248 e. The third-order valence-electron chi connectivity index (χ3n) is 3.38. The maximum atomic E-state index is 11.2. The number of carbonyl (C=O) groups is 1. The van der Waals surface area contributed by atoms with E-state index in [1.54, 1.807) is 12.1 Å². The Balaban J connectivity index is 2.16. The fourth-order valence-electron chi connectivity index (χ4n) is 2.42. The molecular formula is C13H19N3O2. The van der Waals surface area contributed by atoms with Gasteiger partial charge in [-0.05, 0) is 38.8 Å². The number of hydrogen-bond acceptors (Lipinski definition) is 4. The summed E-state index contributed by atoms with van der Waals surface area (Å²) in [5.74, 6) is 0.380. The van der Waals surface area contributed by atoms with Gasteiger partial charge in [0, 0.05) is 23.2 Å². The summed E-state index contributed by atoms with van der Waals surface area (Å²) in [4.78, 5) is 15.5. The Morgan fingerprint density at radius 3 is 2.94 bits per heavy atom. The molecule has 5 nitrogen and oxygen atoms in total. The summed E-state index contributed by atoms with van der Waals surface area (Å²) in [5.41, 5.74) is 12.1. The number of rotatable bonds is 4. The van der Waals surface area contributed by atoms with Gasteiger partial charge >= 0.3 is 0 Å². The molecule has 1 amide bonds. The molecule has 0 bridgehead atoms. The van der Waals surface area contributed by atoms with Crippen molar-refractivity contribution in [1.29, 1.82) is 0 Å². The molecule has 0 aliphatic heterocycles. The van der Waals surface area contributed by atoms with Crippen LogP contribution in [0.3, 0.4) is 0 Å². The van der Waals surface area contributed by atoms with Crippen molar-refractivity contribution in [3.8, 4) is 5.88 Å². The topological polar surface area (TPSA) is 91.2 Å². The number of aryl methyl sites for hydroxylation is 1. The molecule has 18 heavy (non-hydrogen) atoms. The van der Waals surface area contributed by atoms with Gasteiger partial charge in [0.25, 0.3) is 0 Å². The van der Waals surface area contributed by atoms with Crippen LogP contribution in [0.15, 0.2) is 12.1 Å². The van der Waals surface area contributed by atoms with Crippen LogP contribution in [-0.2, 0) is 0 Å². The van der Waals surface area contributed by atoms with Crippen molar-refractivity contribution in [2.45, 2.75) is 32.3 Å². The normalized spacial score (nSPS) is 23.0. The van der Waals surface area contributed by atoms with Crippen LogP contribution in [0.1, 0.15) is 35.3 Å². The second kappa shape index (κ2) is 5.35. The Morgan fingerprint density at radius 1 is 1.50 bits per heavy atom. The Kier molecular flexibility index (Phi) is 3.81. The summed E-state index contributed by atoms with van der Waals surface area (Å²) in [7, 11) is 0. The summed E-state index contributed by atoms with van der Waals surface area (Å²) < 4.78 is 5.85. The Bertz CT molecular complexity index is 448. The molecule has 1 aliphatic rings. The van der Waals surface area contributed by atoms with Crippen LogP contribution in [0.25, 0.3) is 0 Å². The van der Waals surface area contributed by atoms with Crippen LogP contribution in [-0.4, -0.2) is 23.5 Å². The van der Waals surface area contributed by atoms with E-state index in [0.717, 1.165) is 25.0 Å². The van der Waals surface area contributed by atoms with Crippen LogP contribution >= 0.6 is 0 Å². The Morgan fingerprint density at radius 2 is 2.28 bits per heavy atom. The highest BCUT2D eigenvalue weighted by atomic mass is 16.5. The molecule has 0 aromatic carbocycles. The van der Waals surface area contributed by atoms with E-state index in [-0.39, 0.29) is 6.10 Å². The average Bonchev–Trinajstić information content (AvgIpc) is 2.75. The van der Waals surface area contributed by atoms with Crippen molar-refractivity contribution in [2.24, 2.45) is 17.4 Å². The lowest BCUT2D eigenvalue weighted by Gasteiger charge is -2.19. The van der Waals surface area contributed by atoms with E-state index in [1.165, 1.54) is 0 Å². The van der Waals surface area contributed by atoms with Crippen LogP contribution in [0, 0.1) is 12.8 Å². The average molecular weight is 249 g/mol. The molecule has 2 atom stereocenters. The first kappa shape index (κ1) is 12.8. The predicted octanol–water partition coefficient (Wildman–Crippen LogP) is 0.995. The molecule has 98 valence electrons. The van der Waals surface area contributed by atoms with Crippen molar-refractivity contribution >= 4 is 5.91 Å². The fourth-order valence-corrected chi connectivity index (χ4v) is 2.42. The lowest BCUT2D eigenvalue weighted by molar-refractivity contribution is 0.0998. The van der Waals surface area contributed by atoms with Gasteiger partial charge in [-0.3, -0.25) is 4.79 Å². The zero-order valence-corrected chi connectivity index (χ0v) is 10.6. The molecule has 2 unspecified atom stereocenters. The minimum Gasteiger partial charge on any atom is -0.474 e. The molecular weight excluding hydrogens is 230 g/mol. The smallest absolute Gasteiger partial charge is 0.248 e. The van der Waals surface area contributed by atoms with Crippen molar-refractivity contribution in [3.63, 3.8) is 0 Å². The van der Waals surface area contributed by atoms with E-state index >= 15 is 0 Å². The molecule has 1 heterocycles. The molecule has 1 aromatic heterocycles. The number of pyridine rings is 1. The predicted molar refractivity (Wildman–Crippen MR) is 68.3 cm³/mol. The van der Waals surface area contributed by atoms with Crippen LogP contribution in [0.5, 0.6) is 5.88 Å². The van der Waals surface area contributed by atoms with Gasteiger partial charge in [-0.2, -0.15) is 0 Å². The molecule has 0 spiro atoms. The van der Waals surface area contributed by atoms with E-state index in [1.807, 2.05) is 6.92 Å². The first-order chi connectivity index (χ1) is 8.60. The van der Waals surface area contributed by atoms with Crippen LogP contribution in [0.4, 0.5) is 0 Å². The number of aromatic nitrogens is 1. The van der Waals surface area contributed by atoms with Crippen LogP contribution < -0.4 is 16.2 Å². The van der Waals surface area contributed by atoms with Crippen molar-refractivity contribution in [1.82, 2.24) is 4.98 Å². The number of carbonyl (C=O) groups excluding carboxylic acids is 1. The van der Waals surface area contributed by atoms with Gasteiger partial charge in [0.05, 0.1) is 0 Å². The van der Waals surface area contributed by atoms with E-state index in [2.05, 4.69) is 4.98 Å². The number of amides is 1. The van der Waals surface area contributed by atoms with Gasteiger partial charge in [0.15, 0.2) is 0 Å². The monoisotopic (exact) mass is 249 g/mol. The minimum atomic E-state index is -0.466. The molecule has 1 aliphatic carbocycles. The largest absolute Gasteiger partial charge is 0.474 e. The number of primary amides is 1. The quantitative estimate of drug-likeness (QED) is 0.832. The summed E-state index contributed by atoms with van der Waals surface area (Å²) in [6, 6.07) is 3.26. The molecule has 0 radical (unpaired) electrons. The number of nitrogens with zero attached hydrogens (tertiary/aromatic N) is 1. The lowest BCUT2D eigenvalue weighted by atomic mass is 10.1. The number of ether oxygens (including phenoxy) is 1. The molecule has 4 N–H and O–H groups in total. The van der Waals surface area contributed by atoms with E-state index in [9.17, 15) is 4.79 Å². The molecule has 1 saturated carbocycles. The lowest BCUT2D eigenvalue weighted by Crippen LogP contribution is -2.28. The van der Waals surface area contributed by atoms with Gasteiger partial charge in [0.2, 0.25) is 11.8 Å². The SMILES string of the molecule is Cc1cc(C(N)=O)cc(OC2CCCC2CN)n1. The van der Waals surface area contributed by atoms with Crippen molar-refractivity contribution in [3.05, 3.63) is 23.4 Å². The number of nitrogens with two attached hydrogens (primary N) is 2. The molecule has 1 fully saturated rings. The van der Waals surface area contributed by atoms with Gasteiger partial charge in [-0.25, -0.2) is 4.98 Å². The van der Waals surface area contributed by atoms with Gasteiger partial charge in [-0.15, -0.1) is 0 Å². The van der Waals surface area contributed by atoms with Gasteiger partial charge in [-0.1, -0.05) is 0 Å². The first-order valence-corrected chi connectivity index (χ1v) is 6.25. The highest BCUT2D eigenvalue weighted by Crippen LogP contribution is 2.28. The highest BCUT2D eigenvalue weighted by Gasteiger charge is 2.28. The summed E-state index contributed by atoms with van der Waals surface area (Å²) in [6.07, 6.45) is 3.31. The molecule has 5 heteroatoms. The number of hydrogen-bond donors (Lipinski definition) is 2. The second-order valence-corrected chi connectivity index (χ2v) is 4.78. The Labute approximate surface area is 107 Å². The zero-order valence-electron chi connectivity index (χ0n) is 10.6. The molecule has 1 aromatic rings. The van der Waals surface area contributed by atoms with E-state index in [0.29, 0.717) is 23.9 Å². The first-order valence-electron chi connectivity index (χ1n) is 6.25. The van der Waals surface area contributed by atoms with Gasteiger partial charge < -0.3 is 16.2 Å². The van der Waals surface area contributed by atoms with Gasteiger partial charge in [0.1, 0.15) is 6.10 Å². The highest BCUT2D eigenvalue weighted by molar-refractivity contribution is 5.93. The third-order valence-corrected chi connectivity index (χ3v) is 3.38. The van der Waals surface area contributed by atoms with E-state index < -0.39 is 5.91 Å². The van der Waals surface area contributed by atoms with Crippen molar-refractivity contribution in [2.75, 3.05) is 6.54 Å². The van der Waals surface area contributed by atoms with Crippen LogP contribution in [0.2, 0.25) is 0 Å². The molecule has 0 saturated heterocycles. The standard InChI is InChI=1S/C13H19N3O2/c1-8-5-10(13(15)17)6-12(16-8)18-11-4-2-3-9(11)7-14/h5-6,9,11H,2-4,7,14H2,1H3,(H2,15,17). The fraction of sp³-hybridized carbons (Fsp3) is 0.538. The molecule has 2 rings (SSSR count).